The van der Waals surface area contributed by atoms with Crippen molar-refractivity contribution >= 4 is 10.0 Å². The molecule has 0 aliphatic carbocycles. The van der Waals surface area contributed by atoms with Crippen molar-refractivity contribution < 1.29 is 17.5 Å². The third-order valence-electron chi connectivity index (χ3n) is 3.63. The first-order valence-corrected chi connectivity index (χ1v) is 8.18. The number of methoxy groups -OCH3 is 1. The summed E-state index contributed by atoms with van der Waals surface area (Å²) in [5, 5.41) is 0. The average molecular weight is 323 g/mol. The molecule has 0 aliphatic rings. The number of hydrogen-bond acceptors (Lipinski definition) is 3. The van der Waals surface area contributed by atoms with Gasteiger partial charge in [-0.2, -0.15) is 4.31 Å². The first-order valence-electron chi connectivity index (χ1n) is 6.74. The molecule has 0 aromatic heterocycles. The SMILES string of the molecule is COc1ccc(S(=O)(=O)N(C)C(C)c2ccc(F)cc2)cc1. The lowest BCUT2D eigenvalue weighted by Gasteiger charge is -2.24. The molecule has 0 fully saturated rings. The summed E-state index contributed by atoms with van der Waals surface area (Å²) in [5.74, 6) is 0.241. The maximum Gasteiger partial charge on any atom is 0.243 e. The topological polar surface area (TPSA) is 46.6 Å². The summed E-state index contributed by atoms with van der Waals surface area (Å²) in [5.41, 5.74) is 0.723. The average Bonchev–Trinajstić information content (AvgIpc) is 2.54. The number of halogens is 1. The summed E-state index contributed by atoms with van der Waals surface area (Å²) in [4.78, 5) is 0.185. The van der Waals surface area contributed by atoms with Crippen molar-refractivity contribution in [3.8, 4) is 5.75 Å². The van der Waals surface area contributed by atoms with E-state index in [4.69, 9.17) is 4.74 Å². The Bertz CT molecular complexity index is 727. The van der Waals surface area contributed by atoms with Crippen LogP contribution in [0, 0.1) is 5.82 Å². The number of benzene rings is 2. The van der Waals surface area contributed by atoms with E-state index in [-0.39, 0.29) is 10.7 Å². The van der Waals surface area contributed by atoms with Crippen LogP contribution in [0.1, 0.15) is 18.5 Å². The molecule has 2 rings (SSSR count). The minimum Gasteiger partial charge on any atom is -0.497 e. The van der Waals surface area contributed by atoms with Crippen molar-refractivity contribution in [2.75, 3.05) is 14.2 Å². The third kappa shape index (κ3) is 3.28. The van der Waals surface area contributed by atoms with Crippen LogP contribution in [0.15, 0.2) is 53.4 Å². The predicted molar refractivity (Wildman–Crippen MR) is 82.8 cm³/mol. The predicted octanol–water partition coefficient (Wildman–Crippen LogP) is 3.22. The third-order valence-corrected chi connectivity index (χ3v) is 5.58. The van der Waals surface area contributed by atoms with Crippen molar-refractivity contribution in [3.63, 3.8) is 0 Å². The van der Waals surface area contributed by atoms with Gasteiger partial charge < -0.3 is 4.74 Å². The van der Waals surface area contributed by atoms with Gasteiger partial charge in [0.05, 0.1) is 12.0 Å². The van der Waals surface area contributed by atoms with Crippen molar-refractivity contribution in [1.29, 1.82) is 0 Å². The van der Waals surface area contributed by atoms with Crippen LogP contribution in [0.5, 0.6) is 5.75 Å². The summed E-state index contributed by atoms with van der Waals surface area (Å²) < 4.78 is 44.5. The number of rotatable bonds is 5. The van der Waals surface area contributed by atoms with E-state index in [1.165, 1.54) is 42.7 Å². The number of ether oxygens (including phenoxy) is 1. The highest BCUT2D eigenvalue weighted by Crippen LogP contribution is 2.26. The smallest absolute Gasteiger partial charge is 0.243 e. The first-order chi connectivity index (χ1) is 10.4. The maximum atomic E-state index is 13.0. The fraction of sp³-hybridized carbons (Fsp3) is 0.250. The van der Waals surface area contributed by atoms with Gasteiger partial charge in [-0.25, -0.2) is 12.8 Å². The van der Waals surface area contributed by atoms with Gasteiger partial charge in [0.2, 0.25) is 10.0 Å². The molecule has 0 heterocycles. The highest BCUT2D eigenvalue weighted by atomic mass is 32.2. The van der Waals surface area contributed by atoms with Gasteiger partial charge in [-0.05, 0) is 48.9 Å². The second-order valence-corrected chi connectivity index (χ2v) is 6.92. The van der Waals surface area contributed by atoms with Crippen LogP contribution < -0.4 is 4.74 Å². The van der Waals surface area contributed by atoms with Crippen LogP contribution in [0.2, 0.25) is 0 Å². The molecule has 0 saturated carbocycles. The normalized spacial score (nSPS) is 13.1. The summed E-state index contributed by atoms with van der Waals surface area (Å²) in [6.45, 7) is 1.76. The van der Waals surface area contributed by atoms with Crippen molar-refractivity contribution in [2.24, 2.45) is 0 Å². The van der Waals surface area contributed by atoms with Crippen molar-refractivity contribution in [2.45, 2.75) is 17.9 Å². The van der Waals surface area contributed by atoms with Gasteiger partial charge in [0.1, 0.15) is 11.6 Å². The molecule has 0 bridgehead atoms. The summed E-state index contributed by atoms with van der Waals surface area (Å²) in [6.07, 6.45) is 0. The Labute approximate surface area is 130 Å². The number of nitrogens with zero attached hydrogens (tertiary/aromatic N) is 1. The van der Waals surface area contributed by atoms with E-state index >= 15 is 0 Å². The Morgan fingerprint density at radius 3 is 2.09 bits per heavy atom. The van der Waals surface area contributed by atoms with Crippen LogP contribution >= 0.6 is 0 Å². The van der Waals surface area contributed by atoms with Crippen molar-refractivity contribution in [1.82, 2.24) is 4.31 Å². The molecule has 22 heavy (non-hydrogen) atoms. The lowest BCUT2D eigenvalue weighted by Crippen LogP contribution is -2.29. The summed E-state index contributed by atoms with van der Waals surface area (Å²) in [6, 6.07) is 11.6. The summed E-state index contributed by atoms with van der Waals surface area (Å²) >= 11 is 0. The molecule has 0 spiro atoms. The molecule has 1 atom stereocenters. The van der Waals surface area contributed by atoms with Gasteiger partial charge in [0.15, 0.2) is 0 Å². The Kier molecular flexibility index (Phi) is 4.83. The zero-order valence-corrected chi connectivity index (χ0v) is 13.5. The van der Waals surface area contributed by atoms with Gasteiger partial charge in [0, 0.05) is 13.1 Å². The second kappa shape index (κ2) is 6.46. The minimum atomic E-state index is -3.64. The van der Waals surface area contributed by atoms with Crippen molar-refractivity contribution in [3.05, 3.63) is 59.9 Å². The van der Waals surface area contributed by atoms with Gasteiger partial charge in [-0.3, -0.25) is 0 Å². The molecule has 0 amide bonds. The van der Waals surface area contributed by atoms with E-state index in [2.05, 4.69) is 0 Å². The molecule has 2 aromatic rings. The Morgan fingerprint density at radius 1 is 1.05 bits per heavy atom. The first kappa shape index (κ1) is 16.5. The molecular weight excluding hydrogens is 305 g/mol. The second-order valence-electron chi connectivity index (χ2n) is 4.92. The number of hydrogen-bond donors (Lipinski definition) is 0. The van der Waals surface area contributed by atoms with E-state index in [1.54, 1.807) is 31.2 Å². The van der Waals surface area contributed by atoms with Crippen LogP contribution in [-0.2, 0) is 10.0 Å². The highest BCUT2D eigenvalue weighted by Gasteiger charge is 2.26. The molecule has 2 aromatic carbocycles. The Hall–Kier alpha value is -1.92. The molecule has 4 nitrogen and oxygen atoms in total. The summed E-state index contributed by atoms with van der Waals surface area (Å²) in [7, 11) is -0.610. The minimum absolute atomic E-state index is 0.185. The van der Waals surface area contributed by atoms with Gasteiger partial charge in [-0.1, -0.05) is 12.1 Å². The van der Waals surface area contributed by atoms with Crippen LogP contribution in [0.3, 0.4) is 0 Å². The lowest BCUT2D eigenvalue weighted by molar-refractivity contribution is 0.397. The maximum absolute atomic E-state index is 13.0. The molecule has 0 radical (unpaired) electrons. The van der Waals surface area contributed by atoms with Gasteiger partial charge in [0.25, 0.3) is 0 Å². The van der Waals surface area contributed by atoms with E-state index in [1.807, 2.05) is 0 Å². The van der Waals surface area contributed by atoms with E-state index in [0.29, 0.717) is 5.75 Å². The molecular formula is C16H18FNO3S. The molecule has 0 saturated heterocycles. The van der Waals surface area contributed by atoms with Crippen LogP contribution in [0.4, 0.5) is 4.39 Å². The molecule has 0 N–H and O–H groups in total. The lowest BCUT2D eigenvalue weighted by atomic mass is 10.1. The fourth-order valence-corrected chi connectivity index (χ4v) is 3.42. The van der Waals surface area contributed by atoms with Gasteiger partial charge in [-0.15, -0.1) is 0 Å². The van der Waals surface area contributed by atoms with Crippen LogP contribution in [0.25, 0.3) is 0 Å². The molecule has 118 valence electrons. The van der Waals surface area contributed by atoms with Gasteiger partial charge >= 0.3 is 0 Å². The molecule has 0 aliphatic heterocycles. The fourth-order valence-electron chi connectivity index (χ4n) is 2.07. The number of sulfonamides is 1. The zero-order chi connectivity index (χ0) is 16.3. The van der Waals surface area contributed by atoms with E-state index in [0.717, 1.165) is 5.56 Å². The quantitative estimate of drug-likeness (QED) is 0.849. The van der Waals surface area contributed by atoms with E-state index in [9.17, 15) is 12.8 Å². The Balaban J connectivity index is 2.29. The zero-order valence-electron chi connectivity index (χ0n) is 12.7. The highest BCUT2D eigenvalue weighted by molar-refractivity contribution is 7.89. The van der Waals surface area contributed by atoms with Crippen LogP contribution in [-0.4, -0.2) is 26.9 Å². The monoisotopic (exact) mass is 323 g/mol. The van der Waals surface area contributed by atoms with E-state index < -0.39 is 16.1 Å². The molecule has 1 unspecified atom stereocenters. The largest absolute Gasteiger partial charge is 0.497 e. The Morgan fingerprint density at radius 2 is 1.59 bits per heavy atom. The standard InChI is InChI=1S/C16H18FNO3S/c1-12(13-4-6-14(17)7-5-13)18(2)22(19,20)16-10-8-15(21-3)9-11-16/h4-12H,1-3H3. The molecule has 6 heteroatoms.